The lowest BCUT2D eigenvalue weighted by atomic mass is 10.1. The summed E-state index contributed by atoms with van der Waals surface area (Å²) in [4.78, 5) is 37.5. The minimum absolute atomic E-state index is 0.0202. The number of aryl methyl sites for hydroxylation is 1. The number of aliphatic carboxylic acids is 1. The van der Waals surface area contributed by atoms with E-state index in [9.17, 15) is 14.4 Å². The number of hydrogen-bond acceptors (Lipinski definition) is 3. The molecular formula is C14H15N3O4. The van der Waals surface area contributed by atoms with E-state index in [-0.39, 0.29) is 11.6 Å². The van der Waals surface area contributed by atoms with Crippen LogP contribution in [-0.4, -0.2) is 32.6 Å². The van der Waals surface area contributed by atoms with Gasteiger partial charge in [0.1, 0.15) is 6.04 Å². The van der Waals surface area contributed by atoms with Gasteiger partial charge >= 0.3 is 11.7 Å². The first kappa shape index (κ1) is 13.4. The van der Waals surface area contributed by atoms with Gasteiger partial charge in [0.2, 0.25) is 0 Å². The Bertz CT molecular complexity index is 785. The van der Waals surface area contributed by atoms with Crippen molar-refractivity contribution >= 4 is 22.9 Å². The molecular weight excluding hydrogens is 274 g/mol. The molecule has 1 unspecified atom stereocenters. The number of hydrogen-bond donors (Lipinski definition) is 3. The molecule has 1 fully saturated rings. The van der Waals surface area contributed by atoms with Crippen LogP contribution in [0.2, 0.25) is 0 Å². The summed E-state index contributed by atoms with van der Waals surface area (Å²) in [5.74, 6) is -1.43. The monoisotopic (exact) mass is 289 g/mol. The van der Waals surface area contributed by atoms with Crippen molar-refractivity contribution in [1.29, 1.82) is 0 Å². The van der Waals surface area contributed by atoms with Crippen molar-refractivity contribution in [2.45, 2.75) is 18.9 Å². The fraction of sp³-hybridized carbons (Fsp3) is 0.357. The first-order chi connectivity index (χ1) is 9.97. The highest BCUT2D eigenvalue weighted by atomic mass is 16.4. The van der Waals surface area contributed by atoms with Crippen LogP contribution in [0.25, 0.3) is 11.0 Å². The van der Waals surface area contributed by atoms with Crippen LogP contribution >= 0.6 is 0 Å². The van der Waals surface area contributed by atoms with E-state index in [0.29, 0.717) is 16.6 Å². The Morgan fingerprint density at radius 3 is 2.76 bits per heavy atom. The van der Waals surface area contributed by atoms with E-state index in [1.807, 2.05) is 0 Å². The van der Waals surface area contributed by atoms with Gasteiger partial charge < -0.3 is 15.4 Å². The average molecular weight is 289 g/mol. The minimum atomic E-state index is -1.01. The Morgan fingerprint density at radius 1 is 1.43 bits per heavy atom. The standard InChI is InChI=1S/C14H15N3O4/c1-17-10-6-8(4-5-9(10)15-14(17)21)12(18)16-11(13(19)20)7-2-3-7/h4-7,11H,2-3H2,1H3,(H,15,21)(H,16,18)(H,19,20). The van der Waals surface area contributed by atoms with E-state index in [2.05, 4.69) is 10.3 Å². The molecule has 3 N–H and O–H groups in total. The number of nitrogens with zero attached hydrogens (tertiary/aromatic N) is 1. The number of nitrogens with one attached hydrogen (secondary N) is 2. The van der Waals surface area contributed by atoms with Gasteiger partial charge in [0.25, 0.3) is 5.91 Å². The maximum atomic E-state index is 12.2. The van der Waals surface area contributed by atoms with E-state index in [4.69, 9.17) is 5.11 Å². The van der Waals surface area contributed by atoms with Crippen molar-refractivity contribution in [3.05, 3.63) is 34.2 Å². The molecule has 7 heteroatoms. The van der Waals surface area contributed by atoms with Crippen molar-refractivity contribution in [2.24, 2.45) is 13.0 Å². The predicted molar refractivity (Wildman–Crippen MR) is 75.2 cm³/mol. The molecule has 1 saturated carbocycles. The van der Waals surface area contributed by atoms with Gasteiger partial charge in [-0.25, -0.2) is 9.59 Å². The van der Waals surface area contributed by atoms with Gasteiger partial charge in [-0.1, -0.05) is 0 Å². The van der Waals surface area contributed by atoms with E-state index in [0.717, 1.165) is 12.8 Å². The Kier molecular flexibility index (Phi) is 3.04. The fourth-order valence-corrected chi connectivity index (χ4v) is 2.40. The Labute approximate surface area is 119 Å². The second-order valence-electron chi connectivity index (χ2n) is 5.35. The quantitative estimate of drug-likeness (QED) is 0.760. The van der Waals surface area contributed by atoms with Crippen LogP contribution in [0.5, 0.6) is 0 Å². The molecule has 1 amide bonds. The van der Waals surface area contributed by atoms with E-state index in [1.54, 1.807) is 25.2 Å². The molecule has 0 aliphatic heterocycles. The molecule has 1 atom stereocenters. The minimum Gasteiger partial charge on any atom is -0.480 e. The number of carboxylic acids is 1. The summed E-state index contributed by atoms with van der Waals surface area (Å²) in [6.07, 6.45) is 1.64. The number of aromatic nitrogens is 2. The molecule has 0 spiro atoms. The molecule has 1 aromatic carbocycles. The summed E-state index contributed by atoms with van der Waals surface area (Å²) in [6.45, 7) is 0. The largest absolute Gasteiger partial charge is 0.480 e. The van der Waals surface area contributed by atoms with Crippen molar-refractivity contribution < 1.29 is 14.7 Å². The maximum absolute atomic E-state index is 12.2. The van der Waals surface area contributed by atoms with Crippen LogP contribution in [0.4, 0.5) is 0 Å². The molecule has 1 heterocycles. The average Bonchev–Trinajstić information content (AvgIpc) is 3.24. The van der Waals surface area contributed by atoms with Crippen LogP contribution in [0.15, 0.2) is 23.0 Å². The van der Waals surface area contributed by atoms with Crippen LogP contribution in [0, 0.1) is 5.92 Å². The molecule has 3 rings (SSSR count). The number of benzene rings is 1. The second-order valence-corrected chi connectivity index (χ2v) is 5.35. The van der Waals surface area contributed by atoms with Crippen LogP contribution in [0.1, 0.15) is 23.2 Å². The SMILES string of the molecule is Cn1c(=O)[nH]c2ccc(C(=O)NC(C(=O)O)C3CC3)cc21. The second kappa shape index (κ2) is 4.76. The molecule has 110 valence electrons. The number of carboxylic acid groups (broad SMARTS) is 1. The number of rotatable bonds is 4. The molecule has 0 radical (unpaired) electrons. The van der Waals surface area contributed by atoms with Gasteiger partial charge in [0, 0.05) is 12.6 Å². The molecule has 0 saturated heterocycles. The number of fused-ring (bicyclic) bond motifs is 1. The molecule has 2 aromatic rings. The van der Waals surface area contributed by atoms with E-state index in [1.165, 1.54) is 4.57 Å². The highest BCUT2D eigenvalue weighted by Crippen LogP contribution is 2.32. The number of aromatic amines is 1. The summed E-state index contributed by atoms with van der Waals surface area (Å²) in [5.41, 5.74) is 1.31. The number of carbonyl (C=O) groups excluding carboxylic acids is 1. The van der Waals surface area contributed by atoms with Crippen LogP contribution in [-0.2, 0) is 11.8 Å². The zero-order valence-electron chi connectivity index (χ0n) is 11.4. The highest BCUT2D eigenvalue weighted by molar-refractivity contribution is 5.99. The number of carbonyl (C=O) groups is 2. The number of imidazole rings is 1. The first-order valence-electron chi connectivity index (χ1n) is 6.70. The smallest absolute Gasteiger partial charge is 0.326 e. The van der Waals surface area contributed by atoms with Gasteiger partial charge in [0.15, 0.2) is 0 Å². The van der Waals surface area contributed by atoms with Gasteiger partial charge in [-0.15, -0.1) is 0 Å². The number of amides is 1. The summed E-state index contributed by atoms with van der Waals surface area (Å²) in [5, 5.41) is 11.7. The summed E-state index contributed by atoms with van der Waals surface area (Å²) in [6, 6.07) is 3.94. The van der Waals surface area contributed by atoms with Crippen molar-refractivity contribution in [1.82, 2.24) is 14.9 Å². The lowest BCUT2D eigenvalue weighted by Gasteiger charge is -2.13. The van der Waals surface area contributed by atoms with Crippen molar-refractivity contribution in [2.75, 3.05) is 0 Å². The van der Waals surface area contributed by atoms with E-state index >= 15 is 0 Å². The molecule has 1 aliphatic rings. The Hall–Kier alpha value is -2.57. The molecule has 0 bridgehead atoms. The number of H-pyrrole nitrogens is 1. The molecule has 7 nitrogen and oxygen atoms in total. The summed E-state index contributed by atoms with van der Waals surface area (Å²) in [7, 11) is 1.60. The van der Waals surface area contributed by atoms with E-state index < -0.39 is 17.9 Å². The topological polar surface area (TPSA) is 104 Å². The Morgan fingerprint density at radius 2 is 2.14 bits per heavy atom. The zero-order chi connectivity index (χ0) is 15.1. The lowest BCUT2D eigenvalue weighted by molar-refractivity contribution is -0.139. The Balaban J connectivity index is 1.88. The van der Waals surface area contributed by atoms with Gasteiger partial charge in [-0.05, 0) is 37.0 Å². The van der Waals surface area contributed by atoms with Gasteiger partial charge in [-0.2, -0.15) is 0 Å². The lowest BCUT2D eigenvalue weighted by Crippen LogP contribution is -2.42. The zero-order valence-corrected chi connectivity index (χ0v) is 11.4. The molecule has 21 heavy (non-hydrogen) atoms. The highest BCUT2D eigenvalue weighted by Gasteiger charge is 2.37. The summed E-state index contributed by atoms with van der Waals surface area (Å²) < 4.78 is 1.40. The fourth-order valence-electron chi connectivity index (χ4n) is 2.40. The normalized spacial score (nSPS) is 15.9. The third-order valence-electron chi connectivity index (χ3n) is 3.81. The third-order valence-corrected chi connectivity index (χ3v) is 3.81. The van der Waals surface area contributed by atoms with Crippen LogP contribution in [0.3, 0.4) is 0 Å². The van der Waals surface area contributed by atoms with Crippen molar-refractivity contribution in [3.8, 4) is 0 Å². The predicted octanol–water partition coefficient (Wildman–Crippen LogP) is 0.460. The van der Waals surface area contributed by atoms with Crippen LogP contribution < -0.4 is 11.0 Å². The first-order valence-corrected chi connectivity index (χ1v) is 6.70. The van der Waals surface area contributed by atoms with Gasteiger partial charge in [0.05, 0.1) is 11.0 Å². The molecule has 1 aliphatic carbocycles. The summed E-state index contributed by atoms with van der Waals surface area (Å²) >= 11 is 0. The third kappa shape index (κ3) is 2.42. The van der Waals surface area contributed by atoms with Crippen molar-refractivity contribution in [3.63, 3.8) is 0 Å². The molecule has 1 aromatic heterocycles. The maximum Gasteiger partial charge on any atom is 0.326 e. The van der Waals surface area contributed by atoms with Gasteiger partial charge in [-0.3, -0.25) is 9.36 Å².